The summed E-state index contributed by atoms with van der Waals surface area (Å²) in [6, 6.07) is 9.88. The Morgan fingerprint density at radius 3 is 2.67 bits per heavy atom. The molecule has 0 radical (unpaired) electrons. The van der Waals surface area contributed by atoms with Crippen LogP contribution in [0, 0.1) is 5.82 Å². The van der Waals surface area contributed by atoms with Crippen LogP contribution in [0.25, 0.3) is 10.2 Å². The summed E-state index contributed by atoms with van der Waals surface area (Å²) >= 11 is 1.19. The number of carbonyl (C=O) groups excluding carboxylic acids is 1. The maximum absolute atomic E-state index is 13.1. The quantitative estimate of drug-likeness (QED) is 0.631. The van der Waals surface area contributed by atoms with Crippen LogP contribution in [0.2, 0.25) is 0 Å². The van der Waals surface area contributed by atoms with E-state index in [-0.39, 0.29) is 11.6 Å². The van der Waals surface area contributed by atoms with Gasteiger partial charge in [0, 0.05) is 5.69 Å². The molecule has 0 aliphatic heterocycles. The molecule has 0 fully saturated rings. The van der Waals surface area contributed by atoms with Gasteiger partial charge < -0.3 is 10.4 Å². The van der Waals surface area contributed by atoms with Crippen LogP contribution in [-0.2, 0) is 0 Å². The van der Waals surface area contributed by atoms with Crippen LogP contribution in [0.3, 0.4) is 0 Å². The molecular weight excluding hydrogens is 293 g/mol. The summed E-state index contributed by atoms with van der Waals surface area (Å²) in [6.45, 7) is 0. The molecular formula is C14H10FN3O2S. The Balaban J connectivity index is 1.72. The Morgan fingerprint density at radius 1 is 1.14 bits per heavy atom. The number of hydrogen-bond acceptors (Lipinski definition) is 4. The summed E-state index contributed by atoms with van der Waals surface area (Å²) in [7, 11) is 0. The minimum Gasteiger partial charge on any atom is -0.508 e. The SMILES string of the molecule is O=C(Nc1ccc(O)cc1)Nc1nc2ccc(F)cc2s1. The van der Waals surface area contributed by atoms with Crippen LogP contribution in [0.1, 0.15) is 0 Å². The Labute approximate surface area is 123 Å². The molecule has 0 spiro atoms. The van der Waals surface area contributed by atoms with Gasteiger partial charge in [0.25, 0.3) is 0 Å². The second kappa shape index (κ2) is 5.37. The number of phenolic OH excluding ortho intramolecular Hbond substituents is 1. The normalized spacial score (nSPS) is 10.5. The average Bonchev–Trinajstić information content (AvgIpc) is 2.82. The van der Waals surface area contributed by atoms with Crippen LogP contribution in [0.5, 0.6) is 5.75 Å². The van der Waals surface area contributed by atoms with Crippen molar-refractivity contribution in [3.05, 3.63) is 48.3 Å². The summed E-state index contributed by atoms with van der Waals surface area (Å²) in [5, 5.41) is 14.7. The fourth-order valence-electron chi connectivity index (χ4n) is 1.76. The summed E-state index contributed by atoms with van der Waals surface area (Å²) in [6.07, 6.45) is 0. The lowest BCUT2D eigenvalue weighted by Crippen LogP contribution is -2.19. The third-order valence-corrected chi connectivity index (χ3v) is 3.63. The fraction of sp³-hybridized carbons (Fsp3) is 0. The fourth-order valence-corrected chi connectivity index (χ4v) is 2.64. The highest BCUT2D eigenvalue weighted by atomic mass is 32.1. The Morgan fingerprint density at radius 2 is 1.90 bits per heavy atom. The van der Waals surface area contributed by atoms with Gasteiger partial charge in [-0.05, 0) is 42.5 Å². The molecule has 1 aromatic heterocycles. The maximum atomic E-state index is 13.1. The average molecular weight is 303 g/mol. The predicted octanol–water partition coefficient (Wildman–Crippen LogP) is 3.79. The molecule has 2 amide bonds. The monoisotopic (exact) mass is 303 g/mol. The van der Waals surface area contributed by atoms with Crippen LogP contribution < -0.4 is 10.6 Å². The zero-order valence-electron chi connectivity index (χ0n) is 10.6. The number of nitrogens with one attached hydrogen (secondary N) is 2. The van der Waals surface area contributed by atoms with Crippen molar-refractivity contribution in [1.82, 2.24) is 4.98 Å². The summed E-state index contributed by atoms with van der Waals surface area (Å²) < 4.78 is 13.7. The number of hydrogen-bond donors (Lipinski definition) is 3. The van der Waals surface area contributed by atoms with Crippen LogP contribution in [0.15, 0.2) is 42.5 Å². The lowest BCUT2D eigenvalue weighted by molar-refractivity contribution is 0.262. The molecule has 0 saturated carbocycles. The number of fused-ring (bicyclic) bond motifs is 1. The van der Waals surface area contributed by atoms with E-state index < -0.39 is 6.03 Å². The third-order valence-electron chi connectivity index (χ3n) is 2.70. The van der Waals surface area contributed by atoms with Gasteiger partial charge >= 0.3 is 6.03 Å². The largest absolute Gasteiger partial charge is 0.508 e. The number of anilines is 2. The Hall–Kier alpha value is -2.67. The molecule has 0 bridgehead atoms. The summed E-state index contributed by atoms with van der Waals surface area (Å²) in [5.74, 6) is -0.222. The van der Waals surface area contributed by atoms with Gasteiger partial charge in [0.1, 0.15) is 11.6 Å². The first-order chi connectivity index (χ1) is 10.1. The van der Waals surface area contributed by atoms with E-state index in [9.17, 15) is 9.18 Å². The van der Waals surface area contributed by atoms with E-state index in [1.54, 1.807) is 18.2 Å². The number of phenols is 1. The molecule has 3 rings (SSSR count). The highest BCUT2D eigenvalue weighted by Crippen LogP contribution is 2.26. The zero-order chi connectivity index (χ0) is 14.8. The minimum atomic E-state index is -0.458. The van der Waals surface area contributed by atoms with Crippen molar-refractivity contribution in [3.8, 4) is 5.75 Å². The summed E-state index contributed by atoms with van der Waals surface area (Å²) in [5.41, 5.74) is 1.17. The van der Waals surface area contributed by atoms with Gasteiger partial charge in [-0.2, -0.15) is 0 Å². The van der Waals surface area contributed by atoms with Gasteiger partial charge in [0.15, 0.2) is 5.13 Å². The number of rotatable bonds is 2. The Bertz CT molecular complexity index is 802. The molecule has 7 heteroatoms. The second-order valence-corrected chi connectivity index (χ2v) is 5.29. The zero-order valence-corrected chi connectivity index (χ0v) is 11.4. The van der Waals surface area contributed by atoms with Crippen LogP contribution in [0.4, 0.5) is 20.0 Å². The molecule has 0 aliphatic carbocycles. The molecule has 2 aromatic carbocycles. The first kappa shape index (κ1) is 13.3. The van der Waals surface area contributed by atoms with Crippen molar-refractivity contribution >= 4 is 38.4 Å². The lowest BCUT2D eigenvalue weighted by Gasteiger charge is -2.04. The molecule has 21 heavy (non-hydrogen) atoms. The van der Waals surface area contributed by atoms with E-state index in [2.05, 4.69) is 15.6 Å². The molecule has 3 aromatic rings. The van der Waals surface area contributed by atoms with Crippen molar-refractivity contribution in [1.29, 1.82) is 0 Å². The molecule has 3 N–H and O–H groups in total. The number of benzene rings is 2. The topological polar surface area (TPSA) is 74.2 Å². The number of halogens is 1. The van der Waals surface area contributed by atoms with E-state index in [0.29, 0.717) is 21.0 Å². The molecule has 0 saturated heterocycles. The molecule has 0 atom stereocenters. The standard InChI is InChI=1S/C14H10FN3O2S/c15-8-1-6-11-12(7-8)21-14(17-11)18-13(20)16-9-2-4-10(19)5-3-9/h1-7,19H,(H2,16,17,18,20). The van der Waals surface area contributed by atoms with Gasteiger partial charge in [-0.1, -0.05) is 11.3 Å². The van der Waals surface area contributed by atoms with E-state index >= 15 is 0 Å². The van der Waals surface area contributed by atoms with Crippen LogP contribution in [-0.4, -0.2) is 16.1 Å². The first-order valence-electron chi connectivity index (χ1n) is 6.03. The van der Waals surface area contributed by atoms with Crippen molar-refractivity contribution in [3.63, 3.8) is 0 Å². The second-order valence-electron chi connectivity index (χ2n) is 4.26. The predicted molar refractivity (Wildman–Crippen MR) is 80.3 cm³/mol. The molecule has 106 valence electrons. The van der Waals surface area contributed by atoms with Gasteiger partial charge in [-0.3, -0.25) is 5.32 Å². The number of thiazole rings is 1. The van der Waals surface area contributed by atoms with Crippen LogP contribution >= 0.6 is 11.3 Å². The molecule has 0 unspecified atom stereocenters. The van der Waals surface area contributed by atoms with Crippen molar-refractivity contribution in [2.75, 3.05) is 10.6 Å². The van der Waals surface area contributed by atoms with E-state index in [1.165, 1.54) is 35.6 Å². The van der Waals surface area contributed by atoms with Gasteiger partial charge in [0.2, 0.25) is 0 Å². The first-order valence-corrected chi connectivity index (χ1v) is 6.85. The number of urea groups is 1. The number of nitrogens with zero attached hydrogens (tertiary/aromatic N) is 1. The van der Waals surface area contributed by atoms with Gasteiger partial charge in [-0.25, -0.2) is 14.2 Å². The van der Waals surface area contributed by atoms with E-state index in [1.807, 2.05) is 0 Å². The molecule has 5 nitrogen and oxygen atoms in total. The minimum absolute atomic E-state index is 0.120. The van der Waals surface area contributed by atoms with Gasteiger partial charge in [0.05, 0.1) is 10.2 Å². The summed E-state index contributed by atoms with van der Waals surface area (Å²) in [4.78, 5) is 16.0. The Kier molecular flexibility index (Phi) is 3.41. The smallest absolute Gasteiger partial charge is 0.325 e. The van der Waals surface area contributed by atoms with Crippen molar-refractivity contribution in [2.45, 2.75) is 0 Å². The maximum Gasteiger partial charge on any atom is 0.325 e. The number of aromatic nitrogens is 1. The highest BCUT2D eigenvalue weighted by Gasteiger charge is 2.08. The highest BCUT2D eigenvalue weighted by molar-refractivity contribution is 7.22. The van der Waals surface area contributed by atoms with E-state index in [4.69, 9.17) is 5.11 Å². The molecule has 0 aliphatic rings. The number of aromatic hydroxyl groups is 1. The van der Waals surface area contributed by atoms with Crippen molar-refractivity contribution < 1.29 is 14.3 Å². The molecule has 1 heterocycles. The lowest BCUT2D eigenvalue weighted by atomic mass is 10.3. The number of carbonyl (C=O) groups is 1. The van der Waals surface area contributed by atoms with E-state index in [0.717, 1.165) is 0 Å². The number of amides is 2. The van der Waals surface area contributed by atoms with Crippen molar-refractivity contribution in [2.24, 2.45) is 0 Å². The third kappa shape index (κ3) is 3.09. The van der Waals surface area contributed by atoms with Gasteiger partial charge in [-0.15, -0.1) is 0 Å².